The van der Waals surface area contributed by atoms with E-state index in [4.69, 9.17) is 0 Å². The number of rotatable bonds is 5. The van der Waals surface area contributed by atoms with Gasteiger partial charge in [0.25, 0.3) is 0 Å². The van der Waals surface area contributed by atoms with E-state index in [1.807, 2.05) is 0 Å². The molecule has 182 valence electrons. The molecule has 0 N–H and O–H groups in total. The normalized spacial score (nSPS) is 17.0. The molecular formula is C26H33N3O4S. The summed E-state index contributed by atoms with van der Waals surface area (Å²) >= 11 is 0. The molecule has 0 unspecified atom stereocenters. The molecule has 2 aromatic rings. The molecule has 1 fully saturated rings. The maximum Gasteiger partial charge on any atom is 0.224 e. The fraction of sp³-hybridized carbons (Fsp3) is 0.462. The van der Waals surface area contributed by atoms with E-state index in [2.05, 4.69) is 36.9 Å². The number of sulfone groups is 1. The highest BCUT2D eigenvalue weighted by Crippen LogP contribution is 2.32. The average molecular weight is 484 g/mol. The number of nitrogens with zero attached hydrogens (tertiary/aromatic N) is 3. The first kappa shape index (κ1) is 24.3. The summed E-state index contributed by atoms with van der Waals surface area (Å²) in [6, 6.07) is 11.2. The van der Waals surface area contributed by atoms with Crippen LogP contribution in [0.3, 0.4) is 0 Å². The van der Waals surface area contributed by atoms with Gasteiger partial charge in [-0.25, -0.2) is 8.42 Å². The summed E-state index contributed by atoms with van der Waals surface area (Å²) in [5, 5.41) is -0.819. The van der Waals surface area contributed by atoms with E-state index in [0.29, 0.717) is 26.1 Å². The highest BCUT2D eigenvalue weighted by molar-refractivity contribution is 7.92. The lowest BCUT2D eigenvalue weighted by atomic mass is 10.1. The van der Waals surface area contributed by atoms with Crippen molar-refractivity contribution in [3.63, 3.8) is 0 Å². The van der Waals surface area contributed by atoms with Crippen molar-refractivity contribution in [3.8, 4) is 0 Å². The first-order valence-corrected chi connectivity index (χ1v) is 13.4. The van der Waals surface area contributed by atoms with Crippen LogP contribution in [0.25, 0.3) is 0 Å². The van der Waals surface area contributed by atoms with Crippen LogP contribution in [-0.2, 0) is 25.8 Å². The first-order valence-electron chi connectivity index (χ1n) is 11.8. The van der Waals surface area contributed by atoms with E-state index >= 15 is 0 Å². The van der Waals surface area contributed by atoms with Gasteiger partial charge in [-0.3, -0.25) is 9.59 Å². The van der Waals surface area contributed by atoms with Crippen LogP contribution in [0, 0.1) is 13.8 Å². The van der Waals surface area contributed by atoms with Crippen molar-refractivity contribution in [2.24, 2.45) is 0 Å². The van der Waals surface area contributed by atoms with Gasteiger partial charge in [-0.15, -0.1) is 0 Å². The Hall–Kier alpha value is -2.87. The van der Waals surface area contributed by atoms with Crippen molar-refractivity contribution in [3.05, 3.63) is 53.1 Å². The Morgan fingerprint density at radius 1 is 0.971 bits per heavy atom. The number of aryl methyl sites for hydroxylation is 1. The minimum absolute atomic E-state index is 0.0392. The van der Waals surface area contributed by atoms with Crippen molar-refractivity contribution in [1.29, 1.82) is 0 Å². The molecular weight excluding hydrogens is 450 g/mol. The summed E-state index contributed by atoms with van der Waals surface area (Å²) in [4.78, 5) is 30.7. The average Bonchev–Trinajstić information content (AvgIpc) is 3.24. The second kappa shape index (κ2) is 9.41. The van der Waals surface area contributed by atoms with E-state index < -0.39 is 15.1 Å². The van der Waals surface area contributed by atoms with Crippen LogP contribution < -0.4 is 9.80 Å². The minimum atomic E-state index is -3.66. The molecule has 1 atom stereocenters. The van der Waals surface area contributed by atoms with Gasteiger partial charge in [-0.05, 0) is 68.1 Å². The molecule has 0 radical (unpaired) electrons. The zero-order chi connectivity index (χ0) is 24.6. The Morgan fingerprint density at radius 3 is 2.35 bits per heavy atom. The van der Waals surface area contributed by atoms with Crippen LogP contribution in [0.15, 0.2) is 41.3 Å². The van der Waals surface area contributed by atoms with Gasteiger partial charge in [-0.1, -0.05) is 12.1 Å². The predicted molar refractivity (Wildman–Crippen MR) is 134 cm³/mol. The first-order chi connectivity index (χ1) is 16.1. The lowest BCUT2D eigenvalue weighted by molar-refractivity contribution is -0.131. The SMILES string of the molecule is CC(=O)N1CCc2cc(S(=O)(=O)[C@H](C)CC(=O)N3CCN(c4cccc(C)c4C)CC3)ccc21. The Bertz CT molecular complexity index is 1220. The maximum absolute atomic E-state index is 13.2. The molecule has 2 aliphatic heterocycles. The van der Waals surface area contributed by atoms with E-state index in [1.54, 1.807) is 34.9 Å². The molecule has 0 aliphatic carbocycles. The lowest BCUT2D eigenvalue weighted by Gasteiger charge is -2.37. The van der Waals surface area contributed by atoms with Gasteiger partial charge in [0, 0.05) is 57.4 Å². The molecule has 34 heavy (non-hydrogen) atoms. The summed E-state index contributed by atoms with van der Waals surface area (Å²) in [5.41, 5.74) is 5.33. The lowest BCUT2D eigenvalue weighted by Crippen LogP contribution is -2.49. The number of carbonyl (C=O) groups excluding carboxylic acids is 2. The smallest absolute Gasteiger partial charge is 0.224 e. The number of hydrogen-bond acceptors (Lipinski definition) is 5. The minimum Gasteiger partial charge on any atom is -0.368 e. The standard InChI is InChI=1S/C26H33N3O4S/c1-18-6-5-7-24(20(18)3)27-12-14-28(15-13-27)26(31)16-19(2)34(32,33)23-8-9-25-22(17-23)10-11-29(25)21(4)30/h5-9,17,19H,10-16H2,1-4H3/t19-/m1/s1. The Balaban J connectivity index is 1.39. The van der Waals surface area contributed by atoms with Crippen molar-refractivity contribution >= 4 is 33.0 Å². The molecule has 2 aromatic carbocycles. The topological polar surface area (TPSA) is 78.0 Å². The monoisotopic (exact) mass is 483 g/mol. The fourth-order valence-electron chi connectivity index (χ4n) is 4.87. The Kier molecular flexibility index (Phi) is 6.71. The second-order valence-corrected chi connectivity index (χ2v) is 11.7. The summed E-state index contributed by atoms with van der Waals surface area (Å²) < 4.78 is 26.4. The van der Waals surface area contributed by atoms with Crippen LogP contribution >= 0.6 is 0 Å². The molecule has 8 heteroatoms. The number of piperazine rings is 1. The third kappa shape index (κ3) is 4.56. The van der Waals surface area contributed by atoms with E-state index in [0.717, 1.165) is 24.3 Å². The van der Waals surface area contributed by atoms with Gasteiger partial charge >= 0.3 is 0 Å². The molecule has 2 aliphatic rings. The molecule has 0 bridgehead atoms. The Morgan fingerprint density at radius 2 is 1.68 bits per heavy atom. The number of amides is 2. The van der Waals surface area contributed by atoms with Gasteiger partial charge in [-0.2, -0.15) is 0 Å². The molecule has 0 spiro atoms. The third-order valence-electron chi connectivity index (χ3n) is 7.20. The number of benzene rings is 2. The molecule has 0 aromatic heterocycles. The fourth-order valence-corrected chi connectivity index (χ4v) is 6.27. The summed E-state index contributed by atoms with van der Waals surface area (Å²) in [6.07, 6.45) is 0.596. The summed E-state index contributed by atoms with van der Waals surface area (Å²) in [6.45, 7) is 10.5. The van der Waals surface area contributed by atoms with E-state index in [1.165, 1.54) is 23.7 Å². The van der Waals surface area contributed by atoms with Gasteiger partial charge in [0.2, 0.25) is 11.8 Å². The summed E-state index contributed by atoms with van der Waals surface area (Å²) in [5.74, 6) is -0.174. The van der Waals surface area contributed by atoms with Crippen molar-refractivity contribution in [2.75, 3.05) is 42.5 Å². The molecule has 7 nitrogen and oxygen atoms in total. The third-order valence-corrected chi connectivity index (χ3v) is 9.33. The molecule has 2 amide bonds. The van der Waals surface area contributed by atoms with Crippen LogP contribution in [-0.4, -0.2) is 63.1 Å². The molecule has 2 heterocycles. The van der Waals surface area contributed by atoms with Gasteiger partial charge in [0.1, 0.15) is 0 Å². The highest BCUT2D eigenvalue weighted by Gasteiger charge is 2.31. The number of anilines is 2. The highest BCUT2D eigenvalue weighted by atomic mass is 32.2. The van der Waals surface area contributed by atoms with Crippen LogP contribution in [0.1, 0.15) is 37.0 Å². The van der Waals surface area contributed by atoms with Gasteiger partial charge < -0.3 is 14.7 Å². The number of fused-ring (bicyclic) bond motifs is 1. The zero-order valence-electron chi connectivity index (χ0n) is 20.4. The summed E-state index contributed by atoms with van der Waals surface area (Å²) in [7, 11) is -3.66. The maximum atomic E-state index is 13.2. The van der Waals surface area contributed by atoms with Crippen LogP contribution in [0.2, 0.25) is 0 Å². The van der Waals surface area contributed by atoms with E-state index in [9.17, 15) is 18.0 Å². The van der Waals surface area contributed by atoms with E-state index in [-0.39, 0.29) is 23.1 Å². The zero-order valence-corrected chi connectivity index (χ0v) is 21.2. The van der Waals surface area contributed by atoms with Gasteiger partial charge in [0.05, 0.1) is 10.1 Å². The van der Waals surface area contributed by atoms with Crippen LogP contribution in [0.5, 0.6) is 0 Å². The number of hydrogen-bond donors (Lipinski definition) is 0. The van der Waals surface area contributed by atoms with Crippen molar-refractivity contribution in [2.45, 2.75) is 50.7 Å². The van der Waals surface area contributed by atoms with Crippen LogP contribution in [0.4, 0.5) is 11.4 Å². The quantitative estimate of drug-likeness (QED) is 0.653. The van der Waals surface area contributed by atoms with Gasteiger partial charge in [0.15, 0.2) is 9.84 Å². The van der Waals surface area contributed by atoms with Crippen molar-refractivity contribution in [1.82, 2.24) is 4.90 Å². The number of carbonyl (C=O) groups is 2. The largest absolute Gasteiger partial charge is 0.368 e. The van der Waals surface area contributed by atoms with Crippen molar-refractivity contribution < 1.29 is 18.0 Å². The predicted octanol–water partition coefficient (Wildman–Crippen LogP) is 3.11. The molecule has 1 saturated heterocycles. The second-order valence-electron chi connectivity index (χ2n) is 9.36. The Labute approximate surface area is 202 Å². The molecule has 4 rings (SSSR count). The molecule has 0 saturated carbocycles.